The van der Waals surface area contributed by atoms with Crippen LogP contribution in [0.1, 0.15) is 21.6 Å². The number of carbonyl (C=O) groups is 1. The van der Waals surface area contributed by atoms with Crippen molar-refractivity contribution in [2.75, 3.05) is 19.0 Å². The van der Waals surface area contributed by atoms with Gasteiger partial charge in [-0.05, 0) is 29.3 Å². The highest BCUT2D eigenvalue weighted by atomic mass is 35.5. The van der Waals surface area contributed by atoms with E-state index in [-0.39, 0.29) is 18.6 Å². The monoisotopic (exact) mass is 507 g/mol. The molecule has 0 radical (unpaired) electrons. The van der Waals surface area contributed by atoms with Gasteiger partial charge in [0.25, 0.3) is 5.91 Å². The van der Waals surface area contributed by atoms with E-state index in [4.69, 9.17) is 16.3 Å². The van der Waals surface area contributed by atoms with E-state index < -0.39 is 0 Å². The standard InChI is InChI=1S/C25H26ClN7O3/c1-31-24(4-6-29-31)30-23-8-20(21(26)10-28-23)17-7-22-25(35)33(19(15-36-2)13-32(22)11-17)12-18-9-27-5-3-16(18)14-34/h3-11,19,34H,12-15H2,1-2H3,(H,28,30)/t19-/m1/s1. The van der Waals surface area contributed by atoms with Crippen LogP contribution in [0, 0.1) is 0 Å². The Hall–Kier alpha value is -3.73. The first-order valence-electron chi connectivity index (χ1n) is 11.4. The third-order valence-corrected chi connectivity index (χ3v) is 6.64. The molecular weight excluding hydrogens is 482 g/mol. The van der Waals surface area contributed by atoms with Crippen molar-refractivity contribution < 1.29 is 14.6 Å². The maximum Gasteiger partial charge on any atom is 0.271 e. The molecule has 5 rings (SSSR count). The number of rotatable bonds is 8. The molecule has 1 atom stereocenters. The Bertz CT molecular complexity index is 1400. The van der Waals surface area contributed by atoms with Crippen molar-refractivity contribution in [1.82, 2.24) is 29.2 Å². The Labute approximate surface area is 213 Å². The van der Waals surface area contributed by atoms with Crippen LogP contribution in [0.15, 0.2) is 55.2 Å². The first kappa shape index (κ1) is 24.0. The Balaban J connectivity index is 1.47. The molecule has 11 heteroatoms. The molecule has 4 aromatic heterocycles. The lowest BCUT2D eigenvalue weighted by Crippen LogP contribution is -2.49. The molecule has 0 saturated heterocycles. The summed E-state index contributed by atoms with van der Waals surface area (Å²) in [5.74, 6) is 1.28. The molecule has 2 N–H and O–H groups in total. The van der Waals surface area contributed by atoms with E-state index in [9.17, 15) is 9.90 Å². The zero-order valence-electron chi connectivity index (χ0n) is 19.9. The lowest BCUT2D eigenvalue weighted by atomic mass is 10.1. The van der Waals surface area contributed by atoms with Crippen molar-refractivity contribution in [3.63, 3.8) is 0 Å². The summed E-state index contributed by atoms with van der Waals surface area (Å²) in [6, 6.07) is 7.13. The molecule has 0 aromatic carbocycles. The second-order valence-corrected chi connectivity index (χ2v) is 9.03. The van der Waals surface area contributed by atoms with Crippen molar-refractivity contribution in [3.05, 3.63) is 77.1 Å². The van der Waals surface area contributed by atoms with Crippen LogP contribution in [0.3, 0.4) is 0 Å². The number of aliphatic hydroxyl groups is 1. The lowest BCUT2D eigenvalue weighted by Gasteiger charge is -2.36. The second-order valence-electron chi connectivity index (χ2n) is 8.63. The molecule has 0 fully saturated rings. The van der Waals surface area contributed by atoms with E-state index in [1.54, 1.807) is 47.5 Å². The molecular formula is C25H26ClN7O3. The molecule has 1 amide bonds. The van der Waals surface area contributed by atoms with E-state index in [2.05, 4.69) is 20.4 Å². The van der Waals surface area contributed by atoms with Crippen molar-refractivity contribution >= 4 is 29.1 Å². The maximum atomic E-state index is 13.7. The summed E-state index contributed by atoms with van der Waals surface area (Å²) in [6.45, 7) is 1.14. The van der Waals surface area contributed by atoms with Gasteiger partial charge in [-0.2, -0.15) is 5.10 Å². The van der Waals surface area contributed by atoms with Gasteiger partial charge < -0.3 is 24.6 Å². The van der Waals surface area contributed by atoms with Gasteiger partial charge in [-0.3, -0.25) is 14.5 Å². The number of amides is 1. The SMILES string of the molecule is COC[C@H]1Cn2cc(-c3cc(Nc4ccnn4C)ncc3Cl)cc2C(=O)N1Cc1cnccc1CO. The number of pyridine rings is 2. The van der Waals surface area contributed by atoms with Crippen LogP contribution in [0.5, 0.6) is 0 Å². The number of anilines is 2. The van der Waals surface area contributed by atoms with Crippen LogP contribution in [-0.4, -0.2) is 60.0 Å². The third-order valence-electron chi connectivity index (χ3n) is 6.34. The van der Waals surface area contributed by atoms with Crippen LogP contribution in [-0.2, 0) is 31.5 Å². The molecule has 0 aliphatic carbocycles. The number of nitrogens with one attached hydrogen (secondary N) is 1. The summed E-state index contributed by atoms with van der Waals surface area (Å²) in [7, 11) is 3.46. The number of halogens is 1. The maximum absolute atomic E-state index is 13.7. The first-order chi connectivity index (χ1) is 17.5. The molecule has 5 heterocycles. The average molecular weight is 508 g/mol. The Kier molecular flexibility index (Phi) is 6.73. The number of aryl methyl sites for hydroxylation is 1. The van der Waals surface area contributed by atoms with Crippen molar-refractivity contribution in [3.8, 4) is 11.1 Å². The van der Waals surface area contributed by atoms with Crippen molar-refractivity contribution in [2.24, 2.45) is 7.05 Å². The van der Waals surface area contributed by atoms with Crippen molar-refractivity contribution in [2.45, 2.75) is 25.7 Å². The van der Waals surface area contributed by atoms with Gasteiger partial charge >= 0.3 is 0 Å². The Morgan fingerprint density at radius 3 is 2.83 bits per heavy atom. The van der Waals surface area contributed by atoms with E-state index in [1.165, 1.54) is 0 Å². The third kappa shape index (κ3) is 4.58. The normalized spacial score (nSPS) is 15.3. The van der Waals surface area contributed by atoms with Gasteiger partial charge in [0.2, 0.25) is 0 Å². The number of aliphatic hydroxyl groups excluding tert-OH is 1. The molecule has 0 saturated carbocycles. The van der Waals surface area contributed by atoms with Gasteiger partial charge in [-0.1, -0.05) is 11.6 Å². The van der Waals surface area contributed by atoms with E-state index in [0.29, 0.717) is 36.2 Å². The number of aromatic nitrogens is 5. The van der Waals surface area contributed by atoms with Gasteiger partial charge in [-0.15, -0.1) is 0 Å². The highest BCUT2D eigenvalue weighted by molar-refractivity contribution is 6.33. The topological polar surface area (TPSA) is 110 Å². The fourth-order valence-electron chi connectivity index (χ4n) is 4.45. The predicted molar refractivity (Wildman–Crippen MR) is 135 cm³/mol. The molecule has 1 aliphatic rings. The second kappa shape index (κ2) is 10.1. The molecule has 4 aromatic rings. The van der Waals surface area contributed by atoms with Gasteiger partial charge in [0.15, 0.2) is 0 Å². The summed E-state index contributed by atoms with van der Waals surface area (Å²) in [5, 5.41) is 17.6. The number of hydrogen-bond acceptors (Lipinski definition) is 7. The zero-order valence-corrected chi connectivity index (χ0v) is 20.7. The summed E-state index contributed by atoms with van der Waals surface area (Å²) < 4.78 is 9.09. The van der Waals surface area contributed by atoms with E-state index in [0.717, 1.165) is 28.1 Å². The van der Waals surface area contributed by atoms with Crippen LogP contribution in [0.4, 0.5) is 11.6 Å². The number of hydrogen-bond donors (Lipinski definition) is 2. The van der Waals surface area contributed by atoms with Crippen LogP contribution >= 0.6 is 11.6 Å². The molecule has 186 valence electrons. The van der Waals surface area contributed by atoms with Gasteiger partial charge in [0, 0.05) is 69.2 Å². The number of methoxy groups -OCH3 is 1. The summed E-state index contributed by atoms with van der Waals surface area (Å²) in [6.07, 6.45) is 8.55. The molecule has 10 nitrogen and oxygen atoms in total. The fourth-order valence-corrected chi connectivity index (χ4v) is 4.67. The lowest BCUT2D eigenvalue weighted by molar-refractivity contribution is 0.0386. The van der Waals surface area contributed by atoms with Gasteiger partial charge in [-0.25, -0.2) is 4.98 Å². The van der Waals surface area contributed by atoms with E-state index in [1.807, 2.05) is 36.0 Å². The minimum absolute atomic E-state index is 0.120. The number of nitrogens with zero attached hydrogens (tertiary/aromatic N) is 6. The Morgan fingerprint density at radius 1 is 1.22 bits per heavy atom. The minimum Gasteiger partial charge on any atom is -0.392 e. The molecule has 0 unspecified atom stereocenters. The molecule has 0 spiro atoms. The highest BCUT2D eigenvalue weighted by Crippen LogP contribution is 2.34. The summed E-state index contributed by atoms with van der Waals surface area (Å²) in [5.41, 5.74) is 3.68. The molecule has 0 bridgehead atoms. The minimum atomic E-state index is -0.183. The first-order valence-corrected chi connectivity index (χ1v) is 11.8. The molecule has 36 heavy (non-hydrogen) atoms. The fraction of sp³-hybridized carbons (Fsp3) is 0.280. The number of ether oxygens (including phenoxy) is 1. The summed E-state index contributed by atoms with van der Waals surface area (Å²) >= 11 is 6.53. The smallest absolute Gasteiger partial charge is 0.271 e. The predicted octanol–water partition coefficient (Wildman–Crippen LogP) is 3.24. The van der Waals surface area contributed by atoms with E-state index >= 15 is 0 Å². The van der Waals surface area contributed by atoms with Crippen molar-refractivity contribution in [1.29, 1.82) is 0 Å². The Morgan fingerprint density at radius 2 is 2.08 bits per heavy atom. The molecule has 1 aliphatic heterocycles. The van der Waals surface area contributed by atoms with Crippen LogP contribution in [0.2, 0.25) is 5.02 Å². The highest BCUT2D eigenvalue weighted by Gasteiger charge is 2.33. The average Bonchev–Trinajstić information content (AvgIpc) is 3.49. The quantitative estimate of drug-likeness (QED) is 0.376. The summed E-state index contributed by atoms with van der Waals surface area (Å²) in [4.78, 5) is 24.0. The number of carbonyl (C=O) groups excluding carboxylic acids is 1. The largest absolute Gasteiger partial charge is 0.392 e. The van der Waals surface area contributed by atoms with Crippen LogP contribution in [0.25, 0.3) is 11.1 Å². The number of fused-ring (bicyclic) bond motifs is 1. The zero-order chi connectivity index (χ0) is 25.2. The van der Waals surface area contributed by atoms with Crippen LogP contribution < -0.4 is 5.32 Å². The van der Waals surface area contributed by atoms with Gasteiger partial charge in [0.05, 0.1) is 30.5 Å². The van der Waals surface area contributed by atoms with Gasteiger partial charge in [0.1, 0.15) is 17.3 Å².